The van der Waals surface area contributed by atoms with E-state index in [0.717, 1.165) is 28.9 Å². The summed E-state index contributed by atoms with van der Waals surface area (Å²) in [7, 11) is -0.580. The van der Waals surface area contributed by atoms with Crippen LogP contribution in [0.5, 0.6) is 0 Å². The molecule has 0 saturated carbocycles. The van der Waals surface area contributed by atoms with Gasteiger partial charge in [0.2, 0.25) is 0 Å². The van der Waals surface area contributed by atoms with Gasteiger partial charge >= 0.3 is 7.75 Å². The Labute approximate surface area is 125 Å². The predicted octanol–water partition coefficient (Wildman–Crippen LogP) is 4.52. The summed E-state index contributed by atoms with van der Waals surface area (Å²) in [4.78, 5) is 0. The number of anilines is 1. The van der Waals surface area contributed by atoms with Gasteiger partial charge in [0.25, 0.3) is 0 Å². The Morgan fingerprint density at radius 1 is 1.19 bits per heavy atom. The molecule has 110 valence electrons. The first-order valence-corrected chi connectivity index (χ1v) is 8.30. The second-order valence-corrected chi connectivity index (χ2v) is 7.02. The van der Waals surface area contributed by atoms with E-state index in [4.69, 9.17) is 9.05 Å². The van der Waals surface area contributed by atoms with Crippen molar-refractivity contribution in [2.24, 2.45) is 0 Å². The van der Waals surface area contributed by atoms with Crippen LogP contribution in [0.25, 0.3) is 5.57 Å². The minimum Gasteiger partial charge on any atom is -0.295 e. The number of hydrogen-bond acceptors (Lipinski definition) is 3. The molecule has 1 aliphatic heterocycles. The second kappa shape index (κ2) is 5.30. The molecular formula is C16H18NO3P. The van der Waals surface area contributed by atoms with Crippen molar-refractivity contribution in [3.63, 3.8) is 0 Å². The van der Waals surface area contributed by atoms with Crippen molar-refractivity contribution in [1.82, 2.24) is 0 Å². The fraction of sp³-hybridized carbons (Fsp3) is 0.250. The van der Waals surface area contributed by atoms with Gasteiger partial charge in [-0.15, -0.1) is 0 Å². The summed E-state index contributed by atoms with van der Waals surface area (Å²) in [5.41, 5.74) is 5.17. The van der Waals surface area contributed by atoms with Crippen molar-refractivity contribution in [2.75, 3.05) is 18.9 Å². The van der Waals surface area contributed by atoms with Crippen LogP contribution in [0, 0.1) is 0 Å². The average molecular weight is 303 g/mol. The topological polar surface area (TPSA) is 38.8 Å². The van der Waals surface area contributed by atoms with Gasteiger partial charge in [-0.1, -0.05) is 30.4 Å². The Morgan fingerprint density at radius 3 is 2.62 bits per heavy atom. The molecule has 3 rings (SSSR count). The highest BCUT2D eigenvalue weighted by molar-refractivity contribution is 7.56. The Bertz CT molecular complexity index is 710. The smallest absolute Gasteiger partial charge is 0.295 e. The Hall–Kier alpha value is -1.61. The number of fused-ring (bicyclic) bond motifs is 2. The maximum Gasteiger partial charge on any atom is 0.439 e. The van der Waals surface area contributed by atoms with Crippen LogP contribution in [0.3, 0.4) is 0 Å². The summed E-state index contributed by atoms with van der Waals surface area (Å²) in [6, 6.07) is 7.90. The Balaban J connectivity index is 2.30. The van der Waals surface area contributed by atoms with Gasteiger partial charge in [-0.25, -0.2) is 9.24 Å². The van der Waals surface area contributed by atoms with E-state index in [-0.39, 0.29) is 0 Å². The molecule has 1 aromatic rings. The van der Waals surface area contributed by atoms with E-state index >= 15 is 0 Å². The lowest BCUT2D eigenvalue weighted by Crippen LogP contribution is -2.27. The lowest BCUT2D eigenvalue weighted by atomic mass is 9.90. The van der Waals surface area contributed by atoms with Crippen LogP contribution in [0.15, 0.2) is 53.8 Å². The number of rotatable bonds is 3. The van der Waals surface area contributed by atoms with Gasteiger partial charge in [-0.2, -0.15) is 0 Å². The van der Waals surface area contributed by atoms with Crippen LogP contribution in [0.4, 0.5) is 5.69 Å². The third-order valence-electron chi connectivity index (χ3n) is 3.94. The summed E-state index contributed by atoms with van der Waals surface area (Å²) >= 11 is 0. The van der Waals surface area contributed by atoms with Crippen molar-refractivity contribution in [2.45, 2.75) is 13.3 Å². The maximum absolute atomic E-state index is 13.0. The van der Waals surface area contributed by atoms with Gasteiger partial charge in [0.15, 0.2) is 0 Å². The molecule has 21 heavy (non-hydrogen) atoms. The Morgan fingerprint density at radius 2 is 1.90 bits per heavy atom. The van der Waals surface area contributed by atoms with Crippen LogP contribution in [0.1, 0.15) is 18.9 Å². The average Bonchev–Trinajstić information content (AvgIpc) is 2.55. The van der Waals surface area contributed by atoms with Crippen LogP contribution in [0.2, 0.25) is 0 Å². The fourth-order valence-electron chi connectivity index (χ4n) is 2.86. The predicted molar refractivity (Wildman–Crippen MR) is 85.0 cm³/mol. The molecule has 2 aliphatic rings. The summed E-state index contributed by atoms with van der Waals surface area (Å²) in [6.45, 7) is 2.10. The number of hydrogen-bond donors (Lipinski definition) is 0. The van der Waals surface area contributed by atoms with Crippen molar-refractivity contribution < 1.29 is 13.6 Å². The van der Waals surface area contributed by atoms with Gasteiger partial charge in [0, 0.05) is 19.8 Å². The minimum absolute atomic E-state index is 0.815. The van der Waals surface area contributed by atoms with Crippen LogP contribution >= 0.6 is 7.75 Å². The first-order valence-electron chi connectivity index (χ1n) is 6.81. The van der Waals surface area contributed by atoms with E-state index in [0.29, 0.717) is 0 Å². The van der Waals surface area contributed by atoms with Crippen molar-refractivity contribution in [1.29, 1.82) is 0 Å². The molecule has 0 amide bonds. The molecule has 0 radical (unpaired) electrons. The van der Waals surface area contributed by atoms with Crippen molar-refractivity contribution in [3.8, 4) is 0 Å². The molecule has 0 aromatic heterocycles. The lowest BCUT2D eigenvalue weighted by molar-refractivity contribution is 0.275. The third-order valence-corrected chi connectivity index (χ3v) is 5.79. The molecule has 1 aromatic carbocycles. The molecule has 0 atom stereocenters. The van der Waals surface area contributed by atoms with E-state index in [1.165, 1.54) is 19.8 Å². The van der Waals surface area contributed by atoms with Crippen LogP contribution in [-0.4, -0.2) is 14.2 Å². The Kier molecular flexibility index (Phi) is 3.62. The standard InChI is InChI=1S/C16H18NO3P/c1-12-13-8-4-6-10-15(13)17(21(18,19-2)20-3)16-11-7-5-9-14(12)16/h4-8,10-11H,9H2,1-3H3. The first-order chi connectivity index (χ1) is 10.1. The van der Waals surface area contributed by atoms with Gasteiger partial charge in [0.05, 0.1) is 11.4 Å². The number of nitrogens with zero attached hydrogens (tertiary/aromatic N) is 1. The maximum atomic E-state index is 13.0. The number of benzene rings is 1. The molecule has 0 bridgehead atoms. The fourth-order valence-corrected chi connectivity index (χ4v) is 4.23. The zero-order valence-electron chi connectivity index (χ0n) is 12.4. The zero-order valence-corrected chi connectivity index (χ0v) is 13.3. The van der Waals surface area contributed by atoms with Crippen molar-refractivity contribution in [3.05, 3.63) is 59.3 Å². The van der Waals surface area contributed by atoms with Gasteiger partial charge < -0.3 is 0 Å². The zero-order chi connectivity index (χ0) is 15.0. The van der Waals surface area contributed by atoms with E-state index in [2.05, 4.69) is 13.0 Å². The highest BCUT2D eigenvalue weighted by atomic mass is 31.2. The SMILES string of the molecule is COP(=O)(OC)N1C2=CC=CCC2=C(C)c2ccccc21. The summed E-state index contributed by atoms with van der Waals surface area (Å²) in [6.07, 6.45) is 6.85. The molecule has 0 unspecified atom stereocenters. The van der Waals surface area contributed by atoms with Crippen LogP contribution < -0.4 is 4.67 Å². The molecule has 1 aliphatic carbocycles. The van der Waals surface area contributed by atoms with Gasteiger partial charge in [-0.3, -0.25) is 9.05 Å². The van der Waals surface area contributed by atoms with Gasteiger partial charge in [-0.05, 0) is 36.6 Å². The molecule has 0 spiro atoms. The van der Waals surface area contributed by atoms with E-state index < -0.39 is 7.75 Å². The van der Waals surface area contributed by atoms with Crippen molar-refractivity contribution >= 4 is 19.0 Å². The highest BCUT2D eigenvalue weighted by Gasteiger charge is 2.40. The van der Waals surface area contributed by atoms with E-state index in [1.807, 2.05) is 36.4 Å². The van der Waals surface area contributed by atoms with Crippen LogP contribution in [-0.2, 0) is 13.6 Å². The molecule has 5 heteroatoms. The van der Waals surface area contributed by atoms with E-state index in [1.54, 1.807) is 4.67 Å². The number of allylic oxidation sites excluding steroid dienone is 5. The normalized spacial score (nSPS) is 17.5. The molecule has 0 fully saturated rings. The largest absolute Gasteiger partial charge is 0.439 e. The quantitative estimate of drug-likeness (QED) is 0.769. The molecule has 0 saturated heterocycles. The first kappa shape index (κ1) is 14.3. The molecule has 1 heterocycles. The molecular weight excluding hydrogens is 285 g/mol. The van der Waals surface area contributed by atoms with E-state index in [9.17, 15) is 4.57 Å². The minimum atomic E-state index is -3.41. The third kappa shape index (κ3) is 2.11. The molecule has 4 nitrogen and oxygen atoms in total. The summed E-state index contributed by atoms with van der Waals surface area (Å²) in [5, 5.41) is 0. The monoisotopic (exact) mass is 303 g/mol. The second-order valence-electron chi connectivity index (χ2n) is 4.95. The summed E-state index contributed by atoms with van der Waals surface area (Å²) in [5.74, 6) is 0. The highest BCUT2D eigenvalue weighted by Crippen LogP contribution is 2.60. The summed E-state index contributed by atoms with van der Waals surface area (Å²) < 4.78 is 25.2. The number of para-hydroxylation sites is 1. The van der Waals surface area contributed by atoms with Gasteiger partial charge in [0.1, 0.15) is 0 Å². The molecule has 0 N–H and O–H groups in total. The lowest BCUT2D eigenvalue weighted by Gasteiger charge is -2.38.